The summed E-state index contributed by atoms with van der Waals surface area (Å²) in [7, 11) is 5.98. The number of esters is 1. The summed E-state index contributed by atoms with van der Waals surface area (Å²) in [6, 6.07) is 10.1. The topological polar surface area (TPSA) is 154 Å². The molecule has 210 valence electrons. The Balaban J connectivity index is 2.07. The molecule has 0 aliphatic carbocycles. The number of methoxy groups -OCH3 is 4. The molecule has 12 heteroatoms. The Hall–Kier alpha value is -4.71. The molecule has 1 amide bonds. The van der Waals surface area contributed by atoms with Gasteiger partial charge in [-0.15, -0.1) is 11.3 Å². The lowest BCUT2D eigenvalue weighted by Crippen LogP contribution is -2.42. The van der Waals surface area contributed by atoms with Crippen LogP contribution in [0.5, 0.6) is 23.0 Å². The molecule has 2 aromatic carbocycles. The van der Waals surface area contributed by atoms with Crippen LogP contribution >= 0.6 is 11.3 Å². The van der Waals surface area contributed by atoms with Crippen LogP contribution in [0.25, 0.3) is 17.5 Å². The number of amides is 1. The molecular weight excluding hydrogens is 538 g/mol. The Bertz CT molecular complexity index is 1700. The summed E-state index contributed by atoms with van der Waals surface area (Å²) in [5, 5.41) is 0. The largest absolute Gasteiger partial charge is 0.493 e. The lowest BCUT2D eigenvalue weighted by atomic mass is 9.82. The van der Waals surface area contributed by atoms with Gasteiger partial charge in [0.15, 0.2) is 23.0 Å². The van der Waals surface area contributed by atoms with E-state index in [4.69, 9.17) is 35.2 Å². The highest BCUT2D eigenvalue weighted by molar-refractivity contribution is 7.07. The smallest absolute Gasteiger partial charge is 0.338 e. The number of hydrogen-bond donors (Lipinski definition) is 2. The molecule has 0 saturated carbocycles. The summed E-state index contributed by atoms with van der Waals surface area (Å²) in [6.07, 6.45) is 1.63. The van der Waals surface area contributed by atoms with Gasteiger partial charge in [-0.25, -0.2) is 4.79 Å². The maximum Gasteiger partial charge on any atom is 0.338 e. The summed E-state index contributed by atoms with van der Waals surface area (Å²) in [4.78, 5) is 39.9. The quantitative estimate of drug-likeness (QED) is 0.359. The Labute approximate surface area is 233 Å². The van der Waals surface area contributed by atoms with E-state index in [9.17, 15) is 14.4 Å². The van der Waals surface area contributed by atoms with Crippen molar-refractivity contribution in [2.75, 3.05) is 35.0 Å². The van der Waals surface area contributed by atoms with Crippen molar-refractivity contribution in [3.8, 4) is 23.0 Å². The fourth-order valence-corrected chi connectivity index (χ4v) is 5.74. The number of nitrogens with zero attached hydrogens (tertiary/aromatic N) is 1. The number of primary amides is 1. The Kier molecular flexibility index (Phi) is 8.19. The minimum Gasteiger partial charge on any atom is -0.493 e. The number of thiazole rings is 1. The zero-order valence-electron chi connectivity index (χ0n) is 22.6. The van der Waals surface area contributed by atoms with Crippen LogP contribution in [0, 0.1) is 0 Å². The summed E-state index contributed by atoms with van der Waals surface area (Å²) < 4.78 is 28.3. The zero-order valence-corrected chi connectivity index (χ0v) is 23.4. The lowest BCUT2D eigenvalue weighted by Gasteiger charge is -2.27. The van der Waals surface area contributed by atoms with Gasteiger partial charge in [0.1, 0.15) is 10.5 Å². The molecule has 0 radical (unpaired) electrons. The van der Waals surface area contributed by atoms with E-state index in [0.717, 1.165) is 15.9 Å². The Morgan fingerprint density at radius 3 is 2.10 bits per heavy atom. The van der Waals surface area contributed by atoms with E-state index in [2.05, 4.69) is 0 Å². The van der Waals surface area contributed by atoms with E-state index >= 15 is 0 Å². The summed E-state index contributed by atoms with van der Waals surface area (Å²) in [6.45, 7) is 1.68. The number of hydrogen-bond acceptors (Lipinski definition) is 10. The normalized spacial score (nSPS) is 15.0. The van der Waals surface area contributed by atoms with Crippen molar-refractivity contribution in [1.29, 1.82) is 0 Å². The highest BCUT2D eigenvalue weighted by Crippen LogP contribution is 2.40. The summed E-state index contributed by atoms with van der Waals surface area (Å²) >= 11 is 1.03. The van der Waals surface area contributed by atoms with Gasteiger partial charge in [0.25, 0.3) is 5.56 Å². The predicted octanol–water partition coefficient (Wildman–Crippen LogP) is 0.897. The van der Waals surface area contributed by atoms with E-state index in [0.29, 0.717) is 34.1 Å². The van der Waals surface area contributed by atoms with E-state index in [1.165, 1.54) is 28.4 Å². The second-order valence-corrected chi connectivity index (χ2v) is 9.55. The van der Waals surface area contributed by atoms with Crippen LogP contribution < -0.4 is 45.2 Å². The molecule has 1 aliphatic heterocycles. The van der Waals surface area contributed by atoms with Crippen LogP contribution in [0.15, 0.2) is 46.8 Å². The summed E-state index contributed by atoms with van der Waals surface area (Å²) in [5.74, 6) is -1.02. The second-order valence-electron chi connectivity index (χ2n) is 8.52. The highest BCUT2D eigenvalue weighted by atomic mass is 32.1. The lowest BCUT2D eigenvalue weighted by molar-refractivity contribution is -0.138. The van der Waals surface area contributed by atoms with Crippen molar-refractivity contribution in [3.05, 3.63) is 72.6 Å². The predicted molar refractivity (Wildman–Crippen MR) is 150 cm³/mol. The molecule has 1 aliphatic rings. The third kappa shape index (κ3) is 4.89. The number of carbonyl (C=O) groups excluding carboxylic acids is 2. The van der Waals surface area contributed by atoms with Crippen LogP contribution in [-0.4, -0.2) is 51.5 Å². The minimum absolute atomic E-state index is 0.0125. The third-order valence-electron chi connectivity index (χ3n) is 6.36. The third-order valence-corrected chi connectivity index (χ3v) is 7.46. The molecule has 2 heterocycles. The van der Waals surface area contributed by atoms with Gasteiger partial charge in [0, 0.05) is 0 Å². The van der Waals surface area contributed by atoms with Gasteiger partial charge < -0.3 is 35.2 Å². The van der Waals surface area contributed by atoms with Crippen molar-refractivity contribution in [3.63, 3.8) is 0 Å². The molecule has 4 rings (SSSR count). The van der Waals surface area contributed by atoms with Gasteiger partial charge in [-0.3, -0.25) is 14.2 Å². The van der Waals surface area contributed by atoms with Crippen LogP contribution in [-0.2, 0) is 14.3 Å². The van der Waals surface area contributed by atoms with Gasteiger partial charge in [0.05, 0.1) is 56.6 Å². The molecule has 0 spiro atoms. The number of aromatic nitrogens is 1. The first-order chi connectivity index (χ1) is 19.2. The van der Waals surface area contributed by atoms with E-state index in [1.807, 2.05) is 0 Å². The van der Waals surface area contributed by atoms with E-state index in [1.54, 1.807) is 49.4 Å². The maximum absolute atomic E-state index is 13.6. The van der Waals surface area contributed by atoms with Crippen LogP contribution in [0.3, 0.4) is 0 Å². The molecule has 1 atom stereocenters. The number of carbonyl (C=O) groups is 2. The number of ether oxygens (including phenoxy) is 5. The highest BCUT2D eigenvalue weighted by Gasteiger charge is 2.39. The van der Waals surface area contributed by atoms with Crippen LogP contribution in [0.4, 0.5) is 0 Å². The molecular formula is C28H29N3O8S. The number of rotatable bonds is 9. The molecule has 0 bridgehead atoms. The maximum atomic E-state index is 13.6. The average molecular weight is 568 g/mol. The van der Waals surface area contributed by atoms with Gasteiger partial charge in [-0.2, -0.15) is 0 Å². The fraction of sp³-hybridized carbons (Fsp3) is 0.250. The van der Waals surface area contributed by atoms with Crippen LogP contribution in [0.2, 0.25) is 0 Å². The minimum atomic E-state index is -1.04. The average Bonchev–Trinajstić information content (AvgIpc) is 3.27. The number of nitrogens with two attached hydrogens (primary N) is 2. The number of benzene rings is 2. The zero-order chi connectivity index (χ0) is 29.1. The van der Waals surface area contributed by atoms with Crippen molar-refractivity contribution in [2.24, 2.45) is 11.5 Å². The molecule has 1 aromatic heterocycles. The van der Waals surface area contributed by atoms with E-state index in [-0.39, 0.29) is 32.8 Å². The standard InChI is InChI=1S/C28H29N3O8S/c1-6-39-28(34)22-21(15-8-10-17(36-3)19(13-15)38-5)23(25(30)32)27-31(24(22)29)26(33)20(40-27)12-14-7-9-16(35-2)18(11-14)37-4/h7-13,21H,6,29H2,1-5H3,(H2,30,32). The molecule has 40 heavy (non-hydrogen) atoms. The Morgan fingerprint density at radius 1 is 0.925 bits per heavy atom. The monoisotopic (exact) mass is 567 g/mol. The van der Waals surface area contributed by atoms with E-state index < -0.39 is 23.4 Å². The van der Waals surface area contributed by atoms with Crippen molar-refractivity contribution in [2.45, 2.75) is 12.8 Å². The first-order valence-corrected chi connectivity index (χ1v) is 12.9. The van der Waals surface area contributed by atoms with Gasteiger partial charge in [-0.1, -0.05) is 12.1 Å². The van der Waals surface area contributed by atoms with Gasteiger partial charge in [0.2, 0.25) is 5.91 Å². The molecule has 11 nitrogen and oxygen atoms in total. The second kappa shape index (κ2) is 11.6. The van der Waals surface area contributed by atoms with Crippen LogP contribution in [0.1, 0.15) is 24.0 Å². The number of fused-ring (bicyclic) bond motifs is 1. The van der Waals surface area contributed by atoms with Crippen molar-refractivity contribution < 1.29 is 33.3 Å². The molecule has 0 saturated heterocycles. The molecule has 4 N–H and O–H groups in total. The first kappa shape index (κ1) is 28.3. The first-order valence-electron chi connectivity index (χ1n) is 12.1. The summed E-state index contributed by atoms with van der Waals surface area (Å²) in [5.41, 5.74) is 12.9. The van der Waals surface area contributed by atoms with Crippen molar-refractivity contribution in [1.82, 2.24) is 4.57 Å². The molecule has 0 fully saturated rings. The van der Waals surface area contributed by atoms with Crippen molar-refractivity contribution >= 4 is 40.7 Å². The molecule has 1 unspecified atom stereocenters. The fourth-order valence-electron chi connectivity index (χ4n) is 4.56. The SMILES string of the molecule is CCOC(=O)C1=C(N)n2c(sc(=Cc3ccc(OC)c(OC)c3)c2=O)=C(C(N)=O)C1c1ccc(OC)c(OC)c1. The van der Waals surface area contributed by atoms with Gasteiger partial charge in [-0.05, 0) is 48.4 Å². The molecule has 3 aromatic rings. The van der Waals surface area contributed by atoms with Gasteiger partial charge >= 0.3 is 5.97 Å². The Morgan fingerprint density at radius 2 is 1.52 bits per heavy atom.